The van der Waals surface area contributed by atoms with Crippen LogP contribution in [0.1, 0.15) is 50.6 Å². The zero-order valence-electron chi connectivity index (χ0n) is 19.8. The molecule has 0 spiro atoms. The van der Waals surface area contributed by atoms with E-state index in [0.29, 0.717) is 30.9 Å². The SMILES string of the molecule is CCc1oc(-c2ccc(OC(C)C(F)(F)F)c(C(F)(F)F)c2)nc1C1=CN2C=CCCC(C)=C2C=C1. The molecule has 0 saturated carbocycles. The highest BCUT2D eigenvalue weighted by Crippen LogP contribution is 2.41. The number of oxazole rings is 1. The maximum absolute atomic E-state index is 13.7. The van der Waals surface area contributed by atoms with Crippen molar-refractivity contribution in [3.05, 3.63) is 77.1 Å². The van der Waals surface area contributed by atoms with Crippen LogP contribution in [0.2, 0.25) is 0 Å². The van der Waals surface area contributed by atoms with Gasteiger partial charge < -0.3 is 14.1 Å². The molecule has 0 aliphatic carbocycles. The third-order valence-electron chi connectivity index (χ3n) is 5.95. The van der Waals surface area contributed by atoms with Crippen molar-refractivity contribution in [1.82, 2.24) is 9.88 Å². The summed E-state index contributed by atoms with van der Waals surface area (Å²) in [4.78, 5) is 6.44. The van der Waals surface area contributed by atoms with E-state index in [1.54, 1.807) is 0 Å². The Morgan fingerprint density at radius 2 is 1.89 bits per heavy atom. The van der Waals surface area contributed by atoms with Crippen LogP contribution in [0.3, 0.4) is 0 Å². The number of aryl methyl sites for hydroxylation is 1. The Morgan fingerprint density at radius 1 is 1.14 bits per heavy atom. The van der Waals surface area contributed by atoms with Gasteiger partial charge in [0.25, 0.3) is 0 Å². The van der Waals surface area contributed by atoms with Gasteiger partial charge in [0.15, 0.2) is 6.10 Å². The molecule has 192 valence electrons. The summed E-state index contributed by atoms with van der Waals surface area (Å²) in [5, 5.41) is 0. The van der Waals surface area contributed by atoms with Crippen molar-refractivity contribution < 1.29 is 35.5 Å². The summed E-state index contributed by atoms with van der Waals surface area (Å²) in [6, 6.07) is 2.76. The van der Waals surface area contributed by atoms with Gasteiger partial charge in [0.1, 0.15) is 17.2 Å². The average Bonchev–Trinajstić information content (AvgIpc) is 3.16. The highest BCUT2D eigenvalue weighted by atomic mass is 19.4. The van der Waals surface area contributed by atoms with E-state index in [9.17, 15) is 26.3 Å². The molecular formula is C26H24F6N2O2. The van der Waals surface area contributed by atoms with Crippen LogP contribution in [0.4, 0.5) is 26.3 Å². The first kappa shape index (κ1) is 25.7. The molecule has 2 aliphatic rings. The molecule has 0 N–H and O–H groups in total. The van der Waals surface area contributed by atoms with Crippen LogP contribution in [0, 0.1) is 0 Å². The van der Waals surface area contributed by atoms with E-state index in [1.165, 1.54) is 11.6 Å². The number of hydrogen-bond acceptors (Lipinski definition) is 4. The second-order valence-corrected chi connectivity index (χ2v) is 8.57. The van der Waals surface area contributed by atoms with Crippen molar-refractivity contribution in [2.24, 2.45) is 0 Å². The molecule has 1 atom stereocenters. The first-order chi connectivity index (χ1) is 16.9. The Bertz CT molecular complexity index is 1260. The van der Waals surface area contributed by atoms with Crippen LogP contribution in [0.5, 0.6) is 5.75 Å². The standard InChI is InChI=1S/C26H24F6N2O2/c1-4-21-23(18-8-10-20-15(2)7-5-6-12-34(20)14-18)33-24(36-21)17-9-11-22(19(13-17)26(30,31)32)35-16(3)25(27,28)29/h6,8-14,16H,4-5,7H2,1-3H3. The lowest BCUT2D eigenvalue weighted by Gasteiger charge is -2.23. The second kappa shape index (κ2) is 9.55. The number of ether oxygens (including phenoxy) is 1. The van der Waals surface area contributed by atoms with E-state index in [-0.39, 0.29) is 11.5 Å². The number of hydrogen-bond donors (Lipinski definition) is 0. The summed E-state index contributed by atoms with van der Waals surface area (Å²) in [6.45, 7) is 4.54. The molecule has 0 radical (unpaired) electrons. The van der Waals surface area contributed by atoms with Crippen LogP contribution in [-0.4, -0.2) is 22.2 Å². The number of allylic oxidation sites excluding steroid dienone is 5. The number of aromatic nitrogens is 1. The Labute approximate surface area is 204 Å². The predicted octanol–water partition coefficient (Wildman–Crippen LogP) is 8.05. The van der Waals surface area contributed by atoms with Crippen molar-refractivity contribution in [2.45, 2.75) is 58.5 Å². The number of fused-ring (bicyclic) bond motifs is 1. The topological polar surface area (TPSA) is 38.5 Å². The van der Waals surface area contributed by atoms with E-state index in [2.05, 4.69) is 22.7 Å². The fourth-order valence-electron chi connectivity index (χ4n) is 3.94. The second-order valence-electron chi connectivity index (χ2n) is 8.57. The zero-order valence-corrected chi connectivity index (χ0v) is 19.8. The van der Waals surface area contributed by atoms with Crippen molar-refractivity contribution in [2.75, 3.05) is 0 Å². The van der Waals surface area contributed by atoms with Crippen LogP contribution >= 0.6 is 0 Å². The molecule has 4 rings (SSSR count). The first-order valence-electron chi connectivity index (χ1n) is 11.4. The molecule has 10 heteroatoms. The minimum atomic E-state index is -4.95. The number of benzene rings is 1. The third-order valence-corrected chi connectivity index (χ3v) is 5.95. The molecule has 2 aliphatic heterocycles. The van der Waals surface area contributed by atoms with E-state index in [0.717, 1.165) is 30.2 Å². The average molecular weight is 510 g/mol. The van der Waals surface area contributed by atoms with Gasteiger partial charge in [-0.25, -0.2) is 4.98 Å². The molecule has 0 amide bonds. The van der Waals surface area contributed by atoms with Crippen molar-refractivity contribution in [3.63, 3.8) is 0 Å². The number of alkyl halides is 6. The Hall–Kier alpha value is -3.43. The minimum Gasteiger partial charge on any atom is -0.481 e. The minimum absolute atomic E-state index is 0.0261. The maximum atomic E-state index is 13.7. The van der Waals surface area contributed by atoms with E-state index >= 15 is 0 Å². The molecule has 1 aromatic heterocycles. The first-order valence-corrected chi connectivity index (χ1v) is 11.4. The molecule has 0 fully saturated rings. The summed E-state index contributed by atoms with van der Waals surface area (Å²) < 4.78 is 90.1. The molecule has 1 unspecified atom stereocenters. The molecular weight excluding hydrogens is 486 g/mol. The highest BCUT2D eigenvalue weighted by Gasteiger charge is 2.41. The van der Waals surface area contributed by atoms with Crippen LogP contribution < -0.4 is 4.74 Å². The maximum Gasteiger partial charge on any atom is 0.425 e. The van der Waals surface area contributed by atoms with Gasteiger partial charge in [0.2, 0.25) is 5.89 Å². The summed E-state index contributed by atoms with van der Waals surface area (Å²) in [7, 11) is 0. The molecule has 3 heterocycles. The van der Waals surface area contributed by atoms with Crippen molar-refractivity contribution in [1.29, 1.82) is 0 Å². The summed E-state index contributed by atoms with van der Waals surface area (Å²) >= 11 is 0. The quantitative estimate of drug-likeness (QED) is 0.382. The normalized spacial score (nSPS) is 17.1. The monoisotopic (exact) mass is 510 g/mol. The van der Waals surface area contributed by atoms with Gasteiger partial charge in [-0.3, -0.25) is 0 Å². The lowest BCUT2D eigenvalue weighted by molar-refractivity contribution is -0.191. The van der Waals surface area contributed by atoms with Gasteiger partial charge in [-0.2, -0.15) is 26.3 Å². The Kier molecular flexibility index (Phi) is 6.81. The van der Waals surface area contributed by atoms with Crippen LogP contribution in [0.15, 0.2) is 64.5 Å². The van der Waals surface area contributed by atoms with Gasteiger partial charge in [-0.05, 0) is 62.6 Å². The van der Waals surface area contributed by atoms with Gasteiger partial charge in [-0.1, -0.05) is 13.0 Å². The zero-order chi connectivity index (χ0) is 26.3. The molecule has 2 aromatic rings. The lowest BCUT2D eigenvalue weighted by Crippen LogP contribution is -2.31. The van der Waals surface area contributed by atoms with E-state index in [1.807, 2.05) is 36.4 Å². The van der Waals surface area contributed by atoms with Crippen molar-refractivity contribution in [3.8, 4) is 17.2 Å². The molecule has 0 saturated heterocycles. The molecule has 1 aromatic carbocycles. The lowest BCUT2D eigenvalue weighted by atomic mass is 10.0. The highest BCUT2D eigenvalue weighted by molar-refractivity contribution is 5.76. The summed E-state index contributed by atoms with van der Waals surface area (Å²) in [6.07, 6.45) is -0.146. The van der Waals surface area contributed by atoms with Gasteiger partial charge in [0.05, 0.1) is 5.56 Å². The fraction of sp³-hybridized carbons (Fsp3) is 0.346. The number of halogens is 6. The largest absolute Gasteiger partial charge is 0.481 e. The van der Waals surface area contributed by atoms with Crippen LogP contribution in [0.25, 0.3) is 17.0 Å². The van der Waals surface area contributed by atoms with Gasteiger partial charge in [0, 0.05) is 35.7 Å². The third kappa shape index (κ3) is 5.22. The summed E-state index contributed by atoms with van der Waals surface area (Å²) in [5.41, 5.74) is 2.11. The number of rotatable bonds is 5. The summed E-state index contributed by atoms with van der Waals surface area (Å²) in [5.74, 6) is -0.511. The smallest absolute Gasteiger partial charge is 0.425 e. The van der Waals surface area contributed by atoms with Crippen molar-refractivity contribution >= 4 is 5.57 Å². The number of nitrogens with zero attached hydrogens (tertiary/aromatic N) is 2. The van der Waals surface area contributed by atoms with E-state index < -0.39 is 29.8 Å². The fourth-order valence-corrected chi connectivity index (χ4v) is 3.94. The van der Waals surface area contributed by atoms with E-state index in [4.69, 9.17) is 4.42 Å². The predicted molar refractivity (Wildman–Crippen MR) is 122 cm³/mol. The van der Waals surface area contributed by atoms with Crippen LogP contribution in [-0.2, 0) is 12.6 Å². The molecule has 36 heavy (non-hydrogen) atoms. The Morgan fingerprint density at radius 3 is 2.56 bits per heavy atom. The van der Waals surface area contributed by atoms with Gasteiger partial charge in [-0.15, -0.1) is 0 Å². The molecule has 0 bridgehead atoms. The van der Waals surface area contributed by atoms with Gasteiger partial charge >= 0.3 is 12.4 Å². The Balaban J connectivity index is 1.72. The molecule has 4 nitrogen and oxygen atoms in total.